The zero-order valence-electron chi connectivity index (χ0n) is 7.18. The van der Waals surface area contributed by atoms with E-state index in [0.29, 0.717) is 22.2 Å². The van der Waals surface area contributed by atoms with Crippen molar-refractivity contribution < 1.29 is 5.11 Å². The number of aromatic hydroxyl groups is 1. The summed E-state index contributed by atoms with van der Waals surface area (Å²) < 4.78 is 1.27. The Balaban J connectivity index is 2.92. The van der Waals surface area contributed by atoms with Gasteiger partial charge in [0.2, 0.25) is 5.88 Å². The lowest BCUT2D eigenvalue weighted by molar-refractivity contribution is 0.419. The number of aromatic nitrogens is 4. The fraction of sp³-hybridized carbons (Fsp3) is 0.286. The highest BCUT2D eigenvalue weighted by Crippen LogP contribution is 2.23. The van der Waals surface area contributed by atoms with E-state index in [4.69, 9.17) is 0 Å². The maximum Gasteiger partial charge on any atom is 0.255 e. The van der Waals surface area contributed by atoms with Gasteiger partial charge in [-0.25, -0.2) is 4.98 Å². The summed E-state index contributed by atoms with van der Waals surface area (Å²) in [6.45, 7) is 3.49. The predicted molar refractivity (Wildman–Crippen MR) is 49.2 cm³/mol. The highest BCUT2D eigenvalue weighted by atomic mass is 32.1. The molecule has 2 heterocycles. The van der Waals surface area contributed by atoms with Crippen molar-refractivity contribution in [2.75, 3.05) is 0 Å². The first-order valence-corrected chi connectivity index (χ1v) is 4.16. The van der Waals surface area contributed by atoms with Crippen LogP contribution < -0.4 is 0 Å². The molecule has 2 rings (SSSR count). The number of aryl methyl sites for hydroxylation is 2. The lowest BCUT2D eigenvalue weighted by Gasteiger charge is -2.01. The highest BCUT2D eigenvalue weighted by Gasteiger charge is 2.11. The third kappa shape index (κ3) is 1.14. The predicted octanol–water partition coefficient (Wildman–Crippen LogP) is 0.735. The molecule has 0 aliphatic carbocycles. The fourth-order valence-electron chi connectivity index (χ4n) is 1.08. The van der Waals surface area contributed by atoms with E-state index < -0.39 is 0 Å². The lowest BCUT2D eigenvalue weighted by atomic mass is 10.4. The molecule has 0 aliphatic heterocycles. The van der Waals surface area contributed by atoms with Gasteiger partial charge in [-0.05, 0) is 13.8 Å². The molecule has 2 aromatic rings. The van der Waals surface area contributed by atoms with E-state index in [9.17, 15) is 5.11 Å². The van der Waals surface area contributed by atoms with Gasteiger partial charge in [-0.3, -0.25) is 0 Å². The van der Waals surface area contributed by atoms with E-state index >= 15 is 0 Å². The van der Waals surface area contributed by atoms with Crippen molar-refractivity contribution in [2.24, 2.45) is 0 Å². The maximum atomic E-state index is 9.60. The lowest BCUT2D eigenvalue weighted by Crippen LogP contribution is -1.96. The molecule has 0 unspecified atom stereocenters. The monoisotopic (exact) mass is 196 g/mol. The van der Waals surface area contributed by atoms with E-state index in [-0.39, 0.29) is 5.88 Å². The van der Waals surface area contributed by atoms with Crippen LogP contribution in [0.15, 0.2) is 4.90 Å². The molecule has 13 heavy (non-hydrogen) atoms. The van der Waals surface area contributed by atoms with Crippen molar-refractivity contribution >= 4 is 18.4 Å². The van der Waals surface area contributed by atoms with Crippen LogP contribution in [0.1, 0.15) is 11.5 Å². The van der Waals surface area contributed by atoms with E-state index in [1.807, 2.05) is 0 Å². The molecule has 2 aromatic heterocycles. The second-order valence-corrected chi connectivity index (χ2v) is 3.19. The molecule has 0 radical (unpaired) electrons. The van der Waals surface area contributed by atoms with Crippen LogP contribution in [-0.2, 0) is 0 Å². The topological polar surface area (TPSA) is 63.3 Å². The summed E-state index contributed by atoms with van der Waals surface area (Å²) in [5.41, 5.74) is 0.640. The second kappa shape index (κ2) is 2.59. The van der Waals surface area contributed by atoms with Crippen molar-refractivity contribution in [2.45, 2.75) is 18.7 Å². The Morgan fingerprint density at radius 1 is 1.31 bits per heavy atom. The molecule has 68 valence electrons. The summed E-state index contributed by atoms with van der Waals surface area (Å²) >= 11 is 4.10. The van der Waals surface area contributed by atoms with E-state index in [0.717, 1.165) is 0 Å². The van der Waals surface area contributed by atoms with Crippen LogP contribution in [0.25, 0.3) is 5.78 Å². The molecule has 0 aliphatic rings. The summed E-state index contributed by atoms with van der Waals surface area (Å²) in [7, 11) is 0. The van der Waals surface area contributed by atoms with Crippen LogP contribution in [-0.4, -0.2) is 24.7 Å². The number of hydrogen-bond donors (Lipinski definition) is 2. The molecule has 1 N–H and O–H groups in total. The first-order chi connectivity index (χ1) is 6.09. The Morgan fingerprint density at radius 3 is 2.69 bits per heavy atom. The standard InChI is InChI=1S/C7H8N4OS/c1-3-5(13)6(12)11-7(8-3)9-4(2)10-11/h12-13H,1-2H3. The third-order valence-corrected chi connectivity index (χ3v) is 2.24. The summed E-state index contributed by atoms with van der Waals surface area (Å²) in [6, 6.07) is 0. The van der Waals surface area contributed by atoms with Gasteiger partial charge in [0.25, 0.3) is 5.78 Å². The molecule has 0 aromatic carbocycles. The van der Waals surface area contributed by atoms with Gasteiger partial charge in [0.1, 0.15) is 5.82 Å². The summed E-state index contributed by atoms with van der Waals surface area (Å²) in [5.74, 6) is 0.942. The normalized spacial score (nSPS) is 11.0. The largest absolute Gasteiger partial charge is 0.492 e. The Hall–Kier alpha value is -1.30. The quantitative estimate of drug-likeness (QED) is 0.610. The number of hydrogen-bond acceptors (Lipinski definition) is 5. The van der Waals surface area contributed by atoms with Crippen molar-refractivity contribution in [3.63, 3.8) is 0 Å². The molecule has 0 saturated carbocycles. The van der Waals surface area contributed by atoms with Gasteiger partial charge >= 0.3 is 0 Å². The van der Waals surface area contributed by atoms with Gasteiger partial charge in [0, 0.05) is 0 Å². The summed E-state index contributed by atoms with van der Waals surface area (Å²) in [6.07, 6.45) is 0. The van der Waals surface area contributed by atoms with Gasteiger partial charge in [-0.15, -0.1) is 17.7 Å². The van der Waals surface area contributed by atoms with Crippen molar-refractivity contribution in [1.82, 2.24) is 19.6 Å². The minimum atomic E-state index is -0.0218. The van der Waals surface area contributed by atoms with Crippen LogP contribution in [0.4, 0.5) is 0 Å². The van der Waals surface area contributed by atoms with Crippen LogP contribution in [0, 0.1) is 13.8 Å². The Kier molecular flexibility index (Phi) is 1.66. The zero-order chi connectivity index (χ0) is 9.59. The fourth-order valence-corrected chi connectivity index (χ4v) is 1.23. The zero-order valence-corrected chi connectivity index (χ0v) is 8.08. The van der Waals surface area contributed by atoms with Crippen LogP contribution in [0.3, 0.4) is 0 Å². The molecule has 0 atom stereocenters. The van der Waals surface area contributed by atoms with Crippen LogP contribution in [0.5, 0.6) is 5.88 Å². The smallest absolute Gasteiger partial charge is 0.255 e. The van der Waals surface area contributed by atoms with E-state index in [2.05, 4.69) is 27.7 Å². The molecule has 0 bridgehead atoms. The average molecular weight is 196 g/mol. The molecular weight excluding hydrogens is 188 g/mol. The summed E-state index contributed by atoms with van der Waals surface area (Å²) in [5, 5.41) is 13.6. The molecule has 0 spiro atoms. The van der Waals surface area contributed by atoms with Gasteiger partial charge in [0.15, 0.2) is 0 Å². The van der Waals surface area contributed by atoms with Crippen LogP contribution in [0.2, 0.25) is 0 Å². The Bertz CT molecular complexity index is 479. The highest BCUT2D eigenvalue weighted by molar-refractivity contribution is 7.80. The van der Waals surface area contributed by atoms with Gasteiger partial charge in [-0.2, -0.15) is 9.50 Å². The van der Waals surface area contributed by atoms with E-state index in [1.165, 1.54) is 4.52 Å². The van der Waals surface area contributed by atoms with Crippen molar-refractivity contribution in [3.05, 3.63) is 11.5 Å². The van der Waals surface area contributed by atoms with Gasteiger partial charge in [-0.1, -0.05) is 0 Å². The number of rotatable bonds is 0. The van der Waals surface area contributed by atoms with Crippen LogP contribution >= 0.6 is 12.6 Å². The first-order valence-electron chi connectivity index (χ1n) is 3.71. The minimum absolute atomic E-state index is 0.0218. The van der Waals surface area contributed by atoms with Gasteiger partial charge in [0.05, 0.1) is 10.6 Å². The first kappa shape index (κ1) is 8.31. The Morgan fingerprint density at radius 2 is 2.00 bits per heavy atom. The molecular formula is C7H8N4OS. The molecule has 6 heteroatoms. The number of thiol groups is 1. The molecule has 0 amide bonds. The third-order valence-electron chi connectivity index (χ3n) is 1.72. The Labute approximate surface area is 79.9 Å². The molecule has 0 saturated heterocycles. The van der Waals surface area contributed by atoms with Crippen molar-refractivity contribution in [1.29, 1.82) is 0 Å². The minimum Gasteiger partial charge on any atom is -0.492 e. The summed E-state index contributed by atoms with van der Waals surface area (Å²) in [4.78, 5) is 8.56. The molecule has 5 nitrogen and oxygen atoms in total. The molecule has 0 fully saturated rings. The number of nitrogens with zero attached hydrogens (tertiary/aromatic N) is 4. The second-order valence-electron chi connectivity index (χ2n) is 2.74. The maximum absolute atomic E-state index is 9.60. The average Bonchev–Trinajstić information content (AvgIpc) is 2.42. The van der Waals surface area contributed by atoms with Crippen molar-refractivity contribution in [3.8, 4) is 5.88 Å². The SMILES string of the molecule is Cc1nc2nc(C)c(S)c(O)n2n1. The van der Waals surface area contributed by atoms with E-state index in [1.54, 1.807) is 13.8 Å². The number of fused-ring (bicyclic) bond motifs is 1. The van der Waals surface area contributed by atoms with Gasteiger partial charge < -0.3 is 5.11 Å².